The average Bonchev–Trinajstić information content (AvgIpc) is 3.32. The Kier molecular flexibility index (Phi) is 7.40. The number of aryl methyl sites for hydroxylation is 1. The first-order chi connectivity index (χ1) is 17.3. The van der Waals surface area contributed by atoms with Crippen molar-refractivity contribution in [1.29, 1.82) is 0 Å². The van der Waals surface area contributed by atoms with Gasteiger partial charge in [-0.3, -0.25) is 19.3 Å². The molecular weight excluding hydrogens is 460 g/mol. The molecule has 3 amide bonds. The van der Waals surface area contributed by atoms with Crippen LogP contribution in [0, 0.1) is 6.92 Å². The Balaban J connectivity index is 1.65. The van der Waals surface area contributed by atoms with E-state index in [4.69, 9.17) is 9.47 Å². The van der Waals surface area contributed by atoms with Crippen LogP contribution in [0.15, 0.2) is 48.7 Å². The van der Waals surface area contributed by atoms with Crippen molar-refractivity contribution in [3.63, 3.8) is 0 Å². The van der Waals surface area contributed by atoms with Gasteiger partial charge in [0.15, 0.2) is 0 Å². The summed E-state index contributed by atoms with van der Waals surface area (Å²) in [5, 5.41) is 0. The summed E-state index contributed by atoms with van der Waals surface area (Å²) >= 11 is 0. The Labute approximate surface area is 210 Å². The van der Waals surface area contributed by atoms with Crippen LogP contribution in [0.3, 0.4) is 0 Å². The number of para-hydroxylation sites is 1. The number of imidazole rings is 1. The second-order valence-electron chi connectivity index (χ2n) is 9.16. The van der Waals surface area contributed by atoms with Gasteiger partial charge in [0.2, 0.25) is 17.7 Å². The number of hydrogen-bond donors (Lipinski definition) is 0. The monoisotopic (exact) mass is 492 g/mol. The molecule has 1 aromatic carbocycles. The first kappa shape index (κ1) is 25.4. The molecule has 9 nitrogen and oxygen atoms in total. The summed E-state index contributed by atoms with van der Waals surface area (Å²) in [4.78, 5) is 47.9. The molecule has 36 heavy (non-hydrogen) atoms. The molecule has 3 heterocycles. The number of likely N-dealkylation sites (tertiary alicyclic amines) is 1. The number of benzene rings is 1. The van der Waals surface area contributed by atoms with Crippen LogP contribution in [0.5, 0.6) is 5.75 Å². The molecule has 3 aromatic rings. The van der Waals surface area contributed by atoms with Gasteiger partial charge in [0.1, 0.15) is 11.4 Å². The van der Waals surface area contributed by atoms with Crippen molar-refractivity contribution >= 4 is 23.4 Å². The third kappa shape index (κ3) is 4.58. The summed E-state index contributed by atoms with van der Waals surface area (Å²) < 4.78 is 12.6. The lowest BCUT2D eigenvalue weighted by Gasteiger charge is -2.30. The predicted octanol–water partition coefficient (Wildman–Crippen LogP) is 2.73. The number of imide groups is 1. The molecular formula is C27H32N4O5. The summed E-state index contributed by atoms with van der Waals surface area (Å²) in [5.74, 6) is -0.438. The molecule has 190 valence electrons. The van der Waals surface area contributed by atoms with Gasteiger partial charge in [-0.15, -0.1) is 0 Å². The van der Waals surface area contributed by atoms with Gasteiger partial charge in [0.05, 0.1) is 30.5 Å². The van der Waals surface area contributed by atoms with E-state index in [1.54, 1.807) is 43.3 Å². The number of carbonyl (C=O) groups excluding carboxylic acids is 3. The van der Waals surface area contributed by atoms with E-state index >= 15 is 0 Å². The smallest absolute Gasteiger partial charge is 0.241 e. The van der Waals surface area contributed by atoms with Crippen molar-refractivity contribution in [2.45, 2.75) is 38.1 Å². The molecule has 0 bridgehead atoms. The average molecular weight is 493 g/mol. The maximum Gasteiger partial charge on any atom is 0.241 e. The van der Waals surface area contributed by atoms with Crippen LogP contribution in [0.25, 0.3) is 5.65 Å². The number of ether oxygens (including phenoxy) is 2. The number of aromatic nitrogens is 2. The highest BCUT2D eigenvalue weighted by Gasteiger charge is 2.55. The molecule has 0 unspecified atom stereocenters. The molecule has 0 aliphatic carbocycles. The van der Waals surface area contributed by atoms with Crippen LogP contribution in [0.2, 0.25) is 0 Å². The van der Waals surface area contributed by atoms with Gasteiger partial charge in [-0.1, -0.05) is 24.3 Å². The van der Waals surface area contributed by atoms with Crippen LogP contribution in [-0.2, 0) is 31.1 Å². The summed E-state index contributed by atoms with van der Waals surface area (Å²) in [6.45, 7) is 2.90. The summed E-state index contributed by atoms with van der Waals surface area (Å²) in [7, 11) is 4.80. The highest BCUT2D eigenvalue weighted by molar-refractivity contribution is 6.11. The molecule has 0 spiro atoms. The third-order valence-electron chi connectivity index (χ3n) is 6.86. The standard InChI is InChI=1S/C27H32N4O5/c1-19-21(30-13-8-7-12-23(30)28-19)18-29(2)24(32)16-27(20-10-5-6-11-22(20)36-4)17-25(33)31(26(27)34)14-9-15-35-3/h5-8,10-13H,9,14-18H2,1-4H3/t27-/m0/s1. The predicted molar refractivity (Wildman–Crippen MR) is 134 cm³/mol. The normalized spacial score (nSPS) is 17.7. The molecule has 1 fully saturated rings. The number of pyridine rings is 1. The van der Waals surface area contributed by atoms with E-state index in [1.165, 1.54) is 12.0 Å². The van der Waals surface area contributed by atoms with Gasteiger partial charge in [-0.05, 0) is 31.5 Å². The number of hydrogen-bond acceptors (Lipinski definition) is 6. The molecule has 0 N–H and O–H groups in total. The lowest BCUT2D eigenvalue weighted by Crippen LogP contribution is -2.43. The Morgan fingerprint density at radius 2 is 1.89 bits per heavy atom. The van der Waals surface area contributed by atoms with Crippen molar-refractivity contribution in [3.05, 3.63) is 65.6 Å². The molecule has 9 heteroatoms. The highest BCUT2D eigenvalue weighted by Crippen LogP contribution is 2.44. The van der Waals surface area contributed by atoms with Crippen LogP contribution in [0.4, 0.5) is 0 Å². The second-order valence-corrected chi connectivity index (χ2v) is 9.16. The molecule has 1 atom stereocenters. The molecule has 1 aliphatic rings. The number of fused-ring (bicyclic) bond motifs is 1. The van der Waals surface area contributed by atoms with Gasteiger partial charge in [-0.25, -0.2) is 4.98 Å². The molecule has 0 saturated carbocycles. The summed E-state index contributed by atoms with van der Waals surface area (Å²) in [5.41, 5.74) is 1.74. The van der Waals surface area contributed by atoms with E-state index < -0.39 is 5.41 Å². The van der Waals surface area contributed by atoms with Crippen molar-refractivity contribution in [2.75, 3.05) is 34.4 Å². The van der Waals surface area contributed by atoms with Gasteiger partial charge < -0.3 is 18.8 Å². The zero-order valence-electron chi connectivity index (χ0n) is 21.2. The van der Waals surface area contributed by atoms with Crippen LogP contribution in [-0.4, -0.2) is 71.3 Å². The number of carbonyl (C=O) groups is 3. The minimum atomic E-state index is -1.34. The van der Waals surface area contributed by atoms with E-state index in [9.17, 15) is 14.4 Å². The van der Waals surface area contributed by atoms with E-state index in [2.05, 4.69) is 4.98 Å². The number of amides is 3. The zero-order valence-corrected chi connectivity index (χ0v) is 21.2. The Morgan fingerprint density at radius 3 is 2.64 bits per heavy atom. The maximum atomic E-state index is 13.8. The minimum Gasteiger partial charge on any atom is -0.496 e. The van der Waals surface area contributed by atoms with E-state index in [-0.39, 0.29) is 37.1 Å². The SMILES string of the molecule is COCCCN1C(=O)C[C@@](CC(=O)N(C)Cc2c(C)nc3ccccn23)(c2ccccc2OC)C1=O. The van der Waals surface area contributed by atoms with E-state index in [0.29, 0.717) is 30.9 Å². The fraction of sp³-hybridized carbons (Fsp3) is 0.407. The molecule has 2 aromatic heterocycles. The number of methoxy groups -OCH3 is 2. The van der Waals surface area contributed by atoms with E-state index in [1.807, 2.05) is 35.7 Å². The summed E-state index contributed by atoms with van der Waals surface area (Å²) in [6.07, 6.45) is 2.20. The molecule has 4 rings (SSSR count). The highest BCUT2D eigenvalue weighted by atomic mass is 16.5. The third-order valence-corrected chi connectivity index (χ3v) is 6.86. The lowest BCUT2D eigenvalue weighted by molar-refractivity contribution is -0.142. The minimum absolute atomic E-state index is 0.0899. The maximum absolute atomic E-state index is 13.8. The largest absolute Gasteiger partial charge is 0.496 e. The molecule has 1 saturated heterocycles. The molecule has 1 aliphatic heterocycles. The Bertz CT molecular complexity index is 1290. The van der Waals surface area contributed by atoms with Gasteiger partial charge >= 0.3 is 0 Å². The second kappa shape index (κ2) is 10.5. The first-order valence-electron chi connectivity index (χ1n) is 12.0. The number of nitrogens with zero attached hydrogens (tertiary/aromatic N) is 4. The Hall–Kier alpha value is -3.72. The fourth-order valence-corrected chi connectivity index (χ4v) is 4.94. The van der Waals surface area contributed by atoms with Gasteiger partial charge in [0.25, 0.3) is 0 Å². The van der Waals surface area contributed by atoms with Crippen LogP contribution >= 0.6 is 0 Å². The summed E-state index contributed by atoms with van der Waals surface area (Å²) in [6, 6.07) is 12.9. The van der Waals surface area contributed by atoms with Gasteiger partial charge in [-0.2, -0.15) is 0 Å². The van der Waals surface area contributed by atoms with E-state index in [0.717, 1.165) is 17.0 Å². The first-order valence-corrected chi connectivity index (χ1v) is 12.0. The van der Waals surface area contributed by atoms with Crippen LogP contribution < -0.4 is 4.74 Å². The Morgan fingerprint density at radius 1 is 1.14 bits per heavy atom. The topological polar surface area (TPSA) is 93.5 Å². The molecule has 0 radical (unpaired) electrons. The van der Waals surface area contributed by atoms with Crippen molar-refractivity contribution < 1.29 is 23.9 Å². The van der Waals surface area contributed by atoms with Crippen molar-refractivity contribution in [2.24, 2.45) is 0 Å². The fourth-order valence-electron chi connectivity index (χ4n) is 4.94. The number of rotatable bonds is 10. The van der Waals surface area contributed by atoms with Gasteiger partial charge in [0, 0.05) is 51.9 Å². The lowest BCUT2D eigenvalue weighted by atomic mass is 9.75. The zero-order chi connectivity index (χ0) is 25.9. The quantitative estimate of drug-likeness (QED) is 0.319. The van der Waals surface area contributed by atoms with Crippen molar-refractivity contribution in [1.82, 2.24) is 19.2 Å². The van der Waals surface area contributed by atoms with Crippen LogP contribution in [0.1, 0.15) is 36.2 Å². The van der Waals surface area contributed by atoms with Crippen molar-refractivity contribution in [3.8, 4) is 5.75 Å².